The smallest absolute Gasteiger partial charge is 0.256 e. The molecule has 0 saturated heterocycles. The van der Waals surface area contributed by atoms with Crippen LogP contribution >= 0.6 is 0 Å². The lowest BCUT2D eigenvalue weighted by molar-refractivity contribution is -0.110. The molecule has 160 valence electrons. The van der Waals surface area contributed by atoms with Crippen LogP contribution in [-0.2, 0) is 4.79 Å². The predicted octanol–water partition coefficient (Wildman–Crippen LogP) is 2.92. The van der Waals surface area contributed by atoms with Gasteiger partial charge in [-0.15, -0.1) is 0 Å². The lowest BCUT2D eigenvalue weighted by atomic mass is 10.0. The fourth-order valence-electron chi connectivity index (χ4n) is 3.73. The Kier molecular flexibility index (Phi) is 6.26. The van der Waals surface area contributed by atoms with E-state index in [1.165, 1.54) is 12.1 Å². The first-order chi connectivity index (χ1) is 14.3. The number of hydrogen-bond acceptors (Lipinski definition) is 4. The molecule has 2 amide bonds. The number of H-pyrrole nitrogens is 1. The average molecular weight is 413 g/mol. The number of amides is 2. The first-order valence-electron chi connectivity index (χ1n) is 10.1. The summed E-state index contributed by atoms with van der Waals surface area (Å²) in [5.74, 6) is -1.07. The molecule has 0 atom stereocenters. The minimum atomic E-state index is -0.578. The second-order valence-electron chi connectivity index (χ2n) is 7.38. The summed E-state index contributed by atoms with van der Waals surface area (Å²) in [5.41, 5.74) is 9.63. The van der Waals surface area contributed by atoms with Crippen molar-refractivity contribution in [1.29, 1.82) is 0 Å². The third-order valence-electron chi connectivity index (χ3n) is 5.52. The van der Waals surface area contributed by atoms with E-state index < -0.39 is 5.82 Å². The molecule has 7 nitrogen and oxygen atoms in total. The highest BCUT2D eigenvalue weighted by atomic mass is 19.1. The molecule has 1 aromatic carbocycles. The van der Waals surface area contributed by atoms with Crippen LogP contribution < -0.4 is 16.4 Å². The zero-order chi connectivity index (χ0) is 22.0. The molecular formula is C22H28FN5O2. The van der Waals surface area contributed by atoms with Gasteiger partial charge in [0.2, 0.25) is 0 Å². The molecule has 0 spiro atoms. The van der Waals surface area contributed by atoms with Crippen LogP contribution in [0.25, 0.3) is 11.6 Å². The van der Waals surface area contributed by atoms with Gasteiger partial charge in [-0.2, -0.15) is 0 Å². The summed E-state index contributed by atoms with van der Waals surface area (Å²) in [6.45, 7) is 11.0. The number of nitrogens with one attached hydrogen (secondary N) is 3. The van der Waals surface area contributed by atoms with E-state index in [9.17, 15) is 14.0 Å². The number of anilines is 2. The van der Waals surface area contributed by atoms with E-state index in [0.29, 0.717) is 34.6 Å². The predicted molar refractivity (Wildman–Crippen MR) is 118 cm³/mol. The number of benzene rings is 1. The number of carbonyl (C=O) groups excluding carboxylic acids is 2. The van der Waals surface area contributed by atoms with Gasteiger partial charge in [-0.05, 0) is 44.6 Å². The lowest BCUT2D eigenvalue weighted by Gasteiger charge is -2.18. The number of fused-ring (bicyclic) bond motifs is 1. The number of carbonyl (C=O) groups is 2. The van der Waals surface area contributed by atoms with E-state index in [2.05, 4.69) is 34.4 Å². The van der Waals surface area contributed by atoms with Crippen molar-refractivity contribution in [2.24, 2.45) is 0 Å². The molecule has 0 aliphatic carbocycles. The van der Waals surface area contributed by atoms with Gasteiger partial charge in [-0.3, -0.25) is 9.59 Å². The molecule has 1 aliphatic rings. The number of halogens is 1. The Morgan fingerprint density at radius 1 is 1.27 bits per heavy atom. The van der Waals surface area contributed by atoms with Crippen LogP contribution in [0.5, 0.6) is 0 Å². The molecule has 0 saturated carbocycles. The molecular weight excluding hydrogens is 385 g/mol. The highest BCUT2D eigenvalue weighted by Crippen LogP contribution is 2.36. The van der Waals surface area contributed by atoms with Crippen LogP contribution in [0.4, 0.5) is 15.8 Å². The average Bonchev–Trinajstić information content (AvgIpc) is 3.15. The summed E-state index contributed by atoms with van der Waals surface area (Å²) in [6.07, 6.45) is 1.67. The Hall–Kier alpha value is -3.13. The van der Waals surface area contributed by atoms with Gasteiger partial charge in [-0.1, -0.05) is 13.8 Å². The second kappa shape index (κ2) is 8.71. The van der Waals surface area contributed by atoms with E-state index in [-0.39, 0.29) is 17.5 Å². The molecule has 1 aromatic heterocycles. The number of nitrogens with zero attached hydrogens (tertiary/aromatic N) is 1. The molecule has 0 radical (unpaired) electrons. The number of hydrogen-bond donors (Lipinski definition) is 4. The second-order valence-corrected chi connectivity index (χ2v) is 7.38. The lowest BCUT2D eigenvalue weighted by Crippen LogP contribution is -2.35. The van der Waals surface area contributed by atoms with Crippen molar-refractivity contribution < 1.29 is 14.0 Å². The van der Waals surface area contributed by atoms with E-state index in [1.54, 1.807) is 6.08 Å². The molecule has 1 aliphatic heterocycles. The first-order valence-corrected chi connectivity index (χ1v) is 10.1. The Labute approximate surface area is 175 Å². The standard InChI is InChI=1S/C22H28FN5O2/c1-5-28(6-2)8-7-25-22(30)20-12(3)18(26-13(20)4)10-15-14-9-17(24)16(23)11-19(14)27-21(15)29/h9-11,26H,5-8,24H2,1-4H3,(H,25,30)(H,27,29)/b15-10-. The quantitative estimate of drug-likeness (QED) is 0.414. The highest BCUT2D eigenvalue weighted by Gasteiger charge is 2.27. The number of aromatic amines is 1. The third kappa shape index (κ3) is 4.09. The minimum Gasteiger partial charge on any atom is -0.396 e. The molecule has 2 aromatic rings. The van der Waals surface area contributed by atoms with Gasteiger partial charge in [0.15, 0.2) is 0 Å². The molecule has 2 heterocycles. The summed E-state index contributed by atoms with van der Waals surface area (Å²) in [7, 11) is 0. The van der Waals surface area contributed by atoms with Crippen LogP contribution in [0.3, 0.4) is 0 Å². The van der Waals surface area contributed by atoms with Crippen LogP contribution in [-0.4, -0.2) is 47.9 Å². The molecule has 0 bridgehead atoms. The van der Waals surface area contributed by atoms with Gasteiger partial charge >= 0.3 is 0 Å². The SMILES string of the molecule is CCN(CC)CCNC(=O)c1c(C)[nH]c(/C=C2\C(=O)Nc3cc(F)c(N)cc32)c1C. The number of nitrogens with two attached hydrogens (primary N) is 1. The van der Waals surface area contributed by atoms with Gasteiger partial charge in [0, 0.05) is 36.1 Å². The number of likely N-dealkylation sites (N-methyl/N-ethyl adjacent to an activating group) is 1. The van der Waals surface area contributed by atoms with E-state index in [0.717, 1.165) is 30.9 Å². The monoisotopic (exact) mass is 413 g/mol. The normalized spacial score (nSPS) is 14.3. The molecule has 8 heteroatoms. The minimum absolute atomic E-state index is 0.0243. The highest BCUT2D eigenvalue weighted by molar-refractivity contribution is 6.35. The van der Waals surface area contributed by atoms with Gasteiger partial charge in [0.1, 0.15) is 5.82 Å². The van der Waals surface area contributed by atoms with Gasteiger partial charge in [-0.25, -0.2) is 4.39 Å². The van der Waals surface area contributed by atoms with E-state index >= 15 is 0 Å². The zero-order valence-corrected chi connectivity index (χ0v) is 17.8. The van der Waals surface area contributed by atoms with Crippen molar-refractivity contribution in [3.8, 4) is 0 Å². The number of rotatable bonds is 7. The maximum Gasteiger partial charge on any atom is 0.256 e. The van der Waals surface area contributed by atoms with Crippen molar-refractivity contribution in [1.82, 2.24) is 15.2 Å². The van der Waals surface area contributed by atoms with Crippen molar-refractivity contribution >= 4 is 34.8 Å². The van der Waals surface area contributed by atoms with Gasteiger partial charge < -0.3 is 26.3 Å². The fourth-order valence-corrected chi connectivity index (χ4v) is 3.73. The molecule has 5 N–H and O–H groups in total. The van der Waals surface area contributed by atoms with Crippen LogP contribution in [0.2, 0.25) is 0 Å². The fraction of sp³-hybridized carbons (Fsp3) is 0.364. The van der Waals surface area contributed by atoms with Crippen molar-refractivity contribution in [2.75, 3.05) is 37.2 Å². The molecule has 0 fully saturated rings. The Morgan fingerprint density at radius 2 is 1.97 bits per heavy atom. The van der Waals surface area contributed by atoms with Crippen LogP contribution in [0, 0.1) is 19.7 Å². The molecule has 3 rings (SSSR count). The zero-order valence-electron chi connectivity index (χ0n) is 17.8. The maximum absolute atomic E-state index is 13.7. The number of aromatic nitrogens is 1. The number of aryl methyl sites for hydroxylation is 1. The number of nitrogen functional groups attached to an aromatic ring is 1. The summed E-state index contributed by atoms with van der Waals surface area (Å²) in [6, 6.07) is 2.66. The summed E-state index contributed by atoms with van der Waals surface area (Å²) >= 11 is 0. The van der Waals surface area contributed by atoms with Crippen LogP contribution in [0.15, 0.2) is 12.1 Å². The Balaban J connectivity index is 1.85. The van der Waals surface area contributed by atoms with Gasteiger partial charge in [0.25, 0.3) is 11.8 Å². The largest absolute Gasteiger partial charge is 0.396 e. The third-order valence-corrected chi connectivity index (χ3v) is 5.52. The van der Waals surface area contributed by atoms with Crippen molar-refractivity contribution in [3.05, 3.63) is 46.0 Å². The van der Waals surface area contributed by atoms with E-state index in [4.69, 9.17) is 5.73 Å². The van der Waals surface area contributed by atoms with Crippen molar-refractivity contribution in [2.45, 2.75) is 27.7 Å². The summed E-state index contributed by atoms with van der Waals surface area (Å²) in [5, 5.41) is 5.61. The summed E-state index contributed by atoms with van der Waals surface area (Å²) in [4.78, 5) is 30.6. The van der Waals surface area contributed by atoms with Gasteiger partial charge in [0.05, 0.1) is 22.5 Å². The molecule has 30 heavy (non-hydrogen) atoms. The maximum atomic E-state index is 13.7. The Morgan fingerprint density at radius 3 is 2.63 bits per heavy atom. The summed E-state index contributed by atoms with van der Waals surface area (Å²) < 4.78 is 13.7. The Bertz CT molecular complexity index is 1020. The first kappa shape index (κ1) is 21.6. The van der Waals surface area contributed by atoms with Crippen LogP contribution in [0.1, 0.15) is 46.7 Å². The van der Waals surface area contributed by atoms with E-state index in [1.807, 2.05) is 13.8 Å². The topological polar surface area (TPSA) is 103 Å². The van der Waals surface area contributed by atoms with Crippen molar-refractivity contribution in [3.63, 3.8) is 0 Å². The molecule has 0 unspecified atom stereocenters.